The summed E-state index contributed by atoms with van der Waals surface area (Å²) in [5, 5.41) is 10.4. The number of nitrogens with zero attached hydrogens (tertiary/aromatic N) is 1. The Bertz CT molecular complexity index is 654. The molecule has 3 rings (SSSR count). The average Bonchev–Trinajstić information content (AvgIpc) is 2.83. The fourth-order valence-corrected chi connectivity index (χ4v) is 2.65. The molecule has 0 unspecified atom stereocenters. The molecule has 0 aliphatic heterocycles. The molecule has 80 valence electrons. The number of phenolic OH excluding ortho intramolecular Hbond substituents is 1. The number of aromatic hydroxyl groups is 1. The van der Waals surface area contributed by atoms with Crippen LogP contribution in [0, 0.1) is 6.92 Å². The van der Waals surface area contributed by atoms with Crippen molar-refractivity contribution < 1.29 is 5.11 Å². The van der Waals surface area contributed by atoms with E-state index in [2.05, 4.69) is 16.0 Å². The molecule has 0 atom stereocenters. The molecule has 0 radical (unpaired) electrons. The Kier molecular flexibility index (Phi) is 1.97. The van der Waals surface area contributed by atoms with Gasteiger partial charge in [-0.15, -0.1) is 11.3 Å². The Labute approximate surface area is 96.4 Å². The molecule has 0 aliphatic carbocycles. The molecule has 0 saturated heterocycles. The van der Waals surface area contributed by atoms with Crippen LogP contribution in [0.3, 0.4) is 0 Å². The maximum atomic E-state index is 9.39. The number of aromatic nitrogens is 2. The van der Waals surface area contributed by atoms with Gasteiger partial charge in [-0.1, -0.05) is 0 Å². The third-order valence-electron chi connectivity index (χ3n) is 2.45. The summed E-state index contributed by atoms with van der Waals surface area (Å²) in [7, 11) is 0. The molecule has 0 bridgehead atoms. The van der Waals surface area contributed by atoms with Crippen LogP contribution in [-0.2, 0) is 0 Å². The minimum Gasteiger partial charge on any atom is -0.508 e. The Balaban J connectivity index is 2.18. The van der Waals surface area contributed by atoms with E-state index in [9.17, 15) is 5.11 Å². The lowest BCUT2D eigenvalue weighted by atomic mass is 10.3. The van der Waals surface area contributed by atoms with Crippen LogP contribution >= 0.6 is 11.3 Å². The minimum absolute atomic E-state index is 0.285. The first kappa shape index (κ1) is 9.42. The molecule has 4 heteroatoms. The summed E-state index contributed by atoms with van der Waals surface area (Å²) < 4.78 is 1.01. The number of phenols is 1. The molecular weight excluding hydrogens is 220 g/mol. The van der Waals surface area contributed by atoms with E-state index in [0.29, 0.717) is 0 Å². The van der Waals surface area contributed by atoms with Crippen LogP contribution in [0.15, 0.2) is 30.5 Å². The van der Waals surface area contributed by atoms with Gasteiger partial charge < -0.3 is 10.1 Å². The molecule has 0 saturated carbocycles. The topological polar surface area (TPSA) is 48.9 Å². The number of H-pyrrole nitrogens is 1. The molecule has 3 aromatic rings. The molecule has 16 heavy (non-hydrogen) atoms. The van der Waals surface area contributed by atoms with Crippen molar-refractivity contribution >= 4 is 21.6 Å². The number of fused-ring (bicyclic) bond motifs is 1. The first-order chi connectivity index (χ1) is 7.72. The summed E-state index contributed by atoms with van der Waals surface area (Å²) in [6, 6.07) is 7.31. The number of thiazole rings is 1. The largest absolute Gasteiger partial charge is 0.508 e. The van der Waals surface area contributed by atoms with Crippen molar-refractivity contribution in [2.24, 2.45) is 0 Å². The van der Waals surface area contributed by atoms with E-state index in [4.69, 9.17) is 0 Å². The number of benzene rings is 1. The second kappa shape index (κ2) is 3.35. The lowest BCUT2D eigenvalue weighted by Gasteiger charge is -1.87. The highest BCUT2D eigenvalue weighted by molar-refractivity contribution is 7.21. The van der Waals surface area contributed by atoms with Crippen LogP contribution in [0.25, 0.3) is 20.8 Å². The van der Waals surface area contributed by atoms with Crippen molar-refractivity contribution in [2.75, 3.05) is 0 Å². The summed E-state index contributed by atoms with van der Waals surface area (Å²) in [4.78, 5) is 7.66. The van der Waals surface area contributed by atoms with Crippen molar-refractivity contribution in [2.45, 2.75) is 6.92 Å². The van der Waals surface area contributed by atoms with E-state index in [0.717, 1.165) is 26.5 Å². The molecule has 0 aliphatic rings. The summed E-state index contributed by atoms with van der Waals surface area (Å²) in [6.07, 6.45) is 1.95. The Hall–Kier alpha value is -1.81. The molecule has 2 N–H and O–H groups in total. The zero-order valence-corrected chi connectivity index (χ0v) is 9.51. The average molecular weight is 230 g/mol. The van der Waals surface area contributed by atoms with Crippen LogP contribution in [0.4, 0.5) is 0 Å². The van der Waals surface area contributed by atoms with Gasteiger partial charge in [0.25, 0.3) is 0 Å². The van der Waals surface area contributed by atoms with Crippen molar-refractivity contribution in [1.29, 1.82) is 0 Å². The van der Waals surface area contributed by atoms with Gasteiger partial charge in [-0.05, 0) is 31.2 Å². The predicted octanol–water partition coefficient (Wildman–Crippen LogP) is 3.31. The van der Waals surface area contributed by atoms with Gasteiger partial charge in [0.1, 0.15) is 10.8 Å². The molecule has 0 amide bonds. The van der Waals surface area contributed by atoms with Crippen LogP contribution in [0.2, 0.25) is 0 Å². The number of aryl methyl sites for hydroxylation is 1. The maximum Gasteiger partial charge on any atom is 0.126 e. The molecule has 1 aromatic carbocycles. The third-order valence-corrected chi connectivity index (χ3v) is 3.51. The maximum absolute atomic E-state index is 9.39. The molecule has 2 heterocycles. The first-order valence-corrected chi connectivity index (χ1v) is 5.79. The zero-order chi connectivity index (χ0) is 11.1. The van der Waals surface area contributed by atoms with Gasteiger partial charge in [0.05, 0.1) is 10.2 Å². The van der Waals surface area contributed by atoms with Gasteiger partial charge in [-0.3, -0.25) is 0 Å². The molecule has 3 nitrogen and oxygen atoms in total. The highest BCUT2D eigenvalue weighted by Crippen LogP contribution is 2.32. The lowest BCUT2D eigenvalue weighted by Crippen LogP contribution is -1.70. The molecule has 2 aromatic heterocycles. The van der Waals surface area contributed by atoms with Crippen molar-refractivity contribution in [1.82, 2.24) is 9.97 Å². The monoisotopic (exact) mass is 230 g/mol. The number of aromatic amines is 1. The van der Waals surface area contributed by atoms with Gasteiger partial charge in [0.15, 0.2) is 0 Å². The Morgan fingerprint density at radius 2 is 2.19 bits per heavy atom. The fraction of sp³-hybridized carbons (Fsp3) is 0.0833. The standard InChI is InChI=1S/C12H10N2OS/c1-7-4-8(6-13-7)12-14-10-3-2-9(15)5-11(10)16-12/h2-6,13,15H,1H3. The smallest absolute Gasteiger partial charge is 0.126 e. The molecule has 0 fully saturated rings. The SMILES string of the molecule is Cc1cc(-c2nc3ccc(O)cc3s2)c[nH]1. The lowest BCUT2D eigenvalue weighted by molar-refractivity contribution is 0.476. The minimum atomic E-state index is 0.285. The van der Waals surface area contributed by atoms with Gasteiger partial charge in [0, 0.05) is 17.5 Å². The van der Waals surface area contributed by atoms with E-state index in [1.54, 1.807) is 23.5 Å². The van der Waals surface area contributed by atoms with Crippen molar-refractivity contribution in [3.05, 3.63) is 36.2 Å². The van der Waals surface area contributed by atoms with E-state index < -0.39 is 0 Å². The van der Waals surface area contributed by atoms with Crippen LogP contribution < -0.4 is 0 Å². The van der Waals surface area contributed by atoms with E-state index in [1.165, 1.54) is 0 Å². The van der Waals surface area contributed by atoms with Crippen LogP contribution in [0.5, 0.6) is 5.75 Å². The molecular formula is C12H10N2OS. The fourth-order valence-electron chi connectivity index (χ4n) is 1.67. The normalized spacial score (nSPS) is 11.1. The summed E-state index contributed by atoms with van der Waals surface area (Å²) in [5.74, 6) is 0.285. The second-order valence-corrected chi connectivity index (χ2v) is 4.77. The van der Waals surface area contributed by atoms with Crippen molar-refractivity contribution in [3.63, 3.8) is 0 Å². The summed E-state index contributed by atoms with van der Waals surface area (Å²) in [5.41, 5.74) is 3.15. The van der Waals surface area contributed by atoms with Crippen LogP contribution in [0.1, 0.15) is 5.69 Å². The highest BCUT2D eigenvalue weighted by Gasteiger charge is 2.07. The first-order valence-electron chi connectivity index (χ1n) is 4.97. The second-order valence-electron chi connectivity index (χ2n) is 3.74. The molecule has 0 spiro atoms. The number of hydrogen-bond acceptors (Lipinski definition) is 3. The Morgan fingerprint density at radius 3 is 2.94 bits per heavy atom. The predicted molar refractivity (Wildman–Crippen MR) is 65.8 cm³/mol. The number of hydrogen-bond donors (Lipinski definition) is 2. The van der Waals surface area contributed by atoms with Crippen molar-refractivity contribution in [3.8, 4) is 16.3 Å². The zero-order valence-electron chi connectivity index (χ0n) is 8.69. The van der Waals surface area contributed by atoms with Gasteiger partial charge >= 0.3 is 0 Å². The third kappa shape index (κ3) is 1.47. The van der Waals surface area contributed by atoms with E-state index in [-0.39, 0.29) is 5.75 Å². The quantitative estimate of drug-likeness (QED) is 0.673. The Morgan fingerprint density at radius 1 is 1.31 bits per heavy atom. The summed E-state index contributed by atoms with van der Waals surface area (Å²) >= 11 is 1.59. The summed E-state index contributed by atoms with van der Waals surface area (Å²) in [6.45, 7) is 2.02. The van der Waals surface area contributed by atoms with E-state index >= 15 is 0 Å². The van der Waals surface area contributed by atoms with Gasteiger partial charge in [-0.2, -0.15) is 0 Å². The number of nitrogens with one attached hydrogen (secondary N) is 1. The van der Waals surface area contributed by atoms with Gasteiger partial charge in [0.2, 0.25) is 0 Å². The van der Waals surface area contributed by atoms with E-state index in [1.807, 2.05) is 19.2 Å². The van der Waals surface area contributed by atoms with Gasteiger partial charge in [-0.25, -0.2) is 4.98 Å². The van der Waals surface area contributed by atoms with Crippen LogP contribution in [-0.4, -0.2) is 15.1 Å². The highest BCUT2D eigenvalue weighted by atomic mass is 32.1. The number of rotatable bonds is 1.